The van der Waals surface area contributed by atoms with Gasteiger partial charge in [-0.25, -0.2) is 18.3 Å². The third-order valence-corrected chi connectivity index (χ3v) is 3.05. The number of hydrogen-bond donors (Lipinski definition) is 0. The molecule has 2 aromatic heterocycles. The number of hydrogen-bond acceptors (Lipinski definition) is 6. The summed E-state index contributed by atoms with van der Waals surface area (Å²) < 4.78 is 16.5. The molecule has 146 valence electrons. The summed E-state index contributed by atoms with van der Waals surface area (Å²) in [4.78, 5) is 0. The van der Waals surface area contributed by atoms with Gasteiger partial charge in [-0.15, -0.1) is 0 Å². The third kappa shape index (κ3) is 12.3. The summed E-state index contributed by atoms with van der Waals surface area (Å²) in [5.41, 5.74) is 0. The summed E-state index contributed by atoms with van der Waals surface area (Å²) in [6.07, 6.45) is 11.0. The Kier molecular flexibility index (Phi) is 13.0. The fourth-order valence-corrected chi connectivity index (χ4v) is 1.64. The zero-order chi connectivity index (χ0) is 20.7. The summed E-state index contributed by atoms with van der Waals surface area (Å²) >= 11 is 0. The molecule has 0 aromatic carbocycles. The number of aromatic nitrogens is 4. The first-order valence-electron chi connectivity index (χ1n) is 8.22. The lowest BCUT2D eigenvalue weighted by Crippen LogP contribution is -2.48. The van der Waals surface area contributed by atoms with Crippen LogP contribution in [-0.2, 0) is 36.6 Å². The topological polar surface area (TPSA) is 130 Å². The van der Waals surface area contributed by atoms with E-state index in [0.717, 1.165) is 13.1 Å². The zero-order valence-corrected chi connectivity index (χ0v) is 16.1. The van der Waals surface area contributed by atoms with Gasteiger partial charge < -0.3 is 19.4 Å². The van der Waals surface area contributed by atoms with E-state index in [4.69, 9.17) is 10.5 Å². The first-order valence-corrected chi connectivity index (χ1v) is 8.22. The largest absolute Gasteiger partial charge is 0.871 e. The summed E-state index contributed by atoms with van der Waals surface area (Å²) in [6, 6.07) is 2.92. The molecule has 0 saturated carbocycles. The lowest BCUT2D eigenvalue weighted by molar-refractivity contribution is -0.671. The van der Waals surface area contributed by atoms with Crippen LogP contribution >= 0.6 is 0 Å². The molecule has 11 heteroatoms. The van der Waals surface area contributed by atoms with Crippen molar-refractivity contribution >= 4 is 7.32 Å². The van der Waals surface area contributed by atoms with Gasteiger partial charge in [-0.1, -0.05) is 0 Å². The third-order valence-electron chi connectivity index (χ3n) is 3.05. The van der Waals surface area contributed by atoms with Crippen molar-refractivity contribution in [2.24, 2.45) is 14.1 Å². The van der Waals surface area contributed by atoms with Crippen molar-refractivity contribution < 1.29 is 28.6 Å². The molecule has 0 atom stereocenters. The van der Waals surface area contributed by atoms with Crippen molar-refractivity contribution in [1.29, 1.82) is 10.5 Å². The van der Waals surface area contributed by atoms with E-state index in [-0.39, 0.29) is 0 Å². The molecule has 0 unspecified atom stereocenters. The van der Waals surface area contributed by atoms with Crippen molar-refractivity contribution in [1.82, 2.24) is 9.13 Å². The smallest absolute Gasteiger partial charge is 0.243 e. The van der Waals surface area contributed by atoms with Crippen LogP contribution in [0.4, 0.5) is 0 Å². The molecule has 0 bridgehead atoms. The zero-order valence-electron chi connectivity index (χ0n) is 16.1. The Labute approximate surface area is 159 Å². The van der Waals surface area contributed by atoms with Crippen LogP contribution in [0, 0.1) is 22.7 Å². The van der Waals surface area contributed by atoms with Gasteiger partial charge in [0.05, 0.1) is 34.5 Å². The summed E-state index contributed by atoms with van der Waals surface area (Å²) in [5.74, 6) is 0. The van der Waals surface area contributed by atoms with Gasteiger partial charge >= 0.3 is 0 Å². The minimum absolute atomic E-state index is 0.635. The fraction of sp³-hybridized carbons (Fsp3) is 0.500. The maximum atomic E-state index is 9.66. The highest BCUT2D eigenvalue weighted by Crippen LogP contribution is 1.86. The molecule has 0 aliphatic rings. The van der Waals surface area contributed by atoms with Gasteiger partial charge in [0.25, 0.3) is 0 Å². The average Bonchev–Trinajstić information content (AvgIpc) is 3.27. The van der Waals surface area contributed by atoms with E-state index in [1.807, 2.05) is 35.6 Å². The molecular weight excluding hydrogens is 351 g/mol. The number of imidazole rings is 2. The van der Waals surface area contributed by atoms with Crippen LogP contribution in [0.25, 0.3) is 0 Å². The number of rotatable bonds is 6. The SMILES string of the molecule is CCn1cc[n+](C)c1.CCn1cc[n+](C)c1.N#CC(C#N)OCOB([O-])[O-]. The lowest BCUT2D eigenvalue weighted by atomic mass is 10.3. The molecule has 0 aliphatic carbocycles. The van der Waals surface area contributed by atoms with Gasteiger partial charge in [0.2, 0.25) is 18.8 Å². The van der Waals surface area contributed by atoms with Crippen molar-refractivity contribution in [3.8, 4) is 12.1 Å². The normalized spacial score (nSPS) is 9.37. The Balaban J connectivity index is 0.000000381. The predicted octanol–water partition coefficient (Wildman–Crippen LogP) is -2.24. The fourth-order valence-electron chi connectivity index (χ4n) is 1.64. The van der Waals surface area contributed by atoms with Crippen LogP contribution in [0.3, 0.4) is 0 Å². The number of aryl methyl sites for hydroxylation is 4. The first-order chi connectivity index (χ1) is 12.9. The molecule has 0 spiro atoms. The molecule has 0 radical (unpaired) electrons. The second-order valence-corrected chi connectivity index (χ2v) is 5.20. The minimum Gasteiger partial charge on any atom is -0.871 e. The van der Waals surface area contributed by atoms with Crippen LogP contribution in [0.1, 0.15) is 13.8 Å². The molecule has 2 heterocycles. The van der Waals surface area contributed by atoms with Crippen molar-refractivity contribution in [2.75, 3.05) is 6.79 Å². The molecule has 0 aliphatic heterocycles. The molecule has 0 amide bonds. The van der Waals surface area contributed by atoms with Crippen LogP contribution in [0.15, 0.2) is 37.4 Å². The predicted molar refractivity (Wildman–Crippen MR) is 90.4 cm³/mol. The van der Waals surface area contributed by atoms with Crippen LogP contribution in [0.5, 0.6) is 0 Å². The van der Waals surface area contributed by atoms with Crippen LogP contribution < -0.4 is 19.2 Å². The molecule has 10 nitrogen and oxygen atoms in total. The molecule has 2 aromatic rings. The maximum Gasteiger partial charge on any atom is 0.243 e. The van der Waals surface area contributed by atoms with Gasteiger partial charge in [-0.3, -0.25) is 0 Å². The molecule has 0 saturated heterocycles. The average molecular weight is 376 g/mol. The molecule has 0 fully saturated rings. The van der Waals surface area contributed by atoms with E-state index >= 15 is 0 Å². The highest BCUT2D eigenvalue weighted by molar-refractivity contribution is 6.28. The van der Waals surface area contributed by atoms with Crippen LogP contribution in [-0.4, -0.2) is 29.4 Å². The van der Waals surface area contributed by atoms with E-state index in [1.165, 1.54) is 12.1 Å². The quantitative estimate of drug-likeness (QED) is 0.319. The first kappa shape index (κ1) is 24.3. The highest BCUT2D eigenvalue weighted by atomic mass is 16.7. The maximum absolute atomic E-state index is 9.66. The van der Waals surface area contributed by atoms with E-state index in [2.05, 4.69) is 57.4 Å². The Bertz CT molecular complexity index is 665. The minimum atomic E-state index is -2.45. The Morgan fingerprint density at radius 2 is 1.44 bits per heavy atom. The monoisotopic (exact) mass is 376 g/mol. The van der Waals surface area contributed by atoms with Gasteiger partial charge in [0, 0.05) is 0 Å². The Morgan fingerprint density at radius 1 is 1.00 bits per heavy atom. The van der Waals surface area contributed by atoms with Gasteiger partial charge in [-0.2, -0.15) is 10.5 Å². The standard InChI is InChI=1S/2C6H11N2.C4H3BN2O4/c2*1-3-8-5-4-7(2)6-8;6-1-4(2-7)10-3-11-5(8)9/h2*4-6H,3H2,1-2H3;4H,3H2/q2*+1;-2. The van der Waals surface area contributed by atoms with E-state index in [0.29, 0.717) is 0 Å². The highest BCUT2D eigenvalue weighted by Gasteiger charge is 2.02. The molecule has 2 rings (SSSR count). The molecule has 0 N–H and O–H groups in total. The second-order valence-electron chi connectivity index (χ2n) is 5.20. The second kappa shape index (κ2) is 14.5. The molecular formula is C16H25BN6O4. The number of nitrogens with zero attached hydrogens (tertiary/aromatic N) is 6. The lowest BCUT2D eigenvalue weighted by Gasteiger charge is -2.25. The van der Waals surface area contributed by atoms with Crippen molar-refractivity contribution in [2.45, 2.75) is 33.0 Å². The number of ether oxygens (including phenoxy) is 1. The number of nitriles is 2. The van der Waals surface area contributed by atoms with E-state index < -0.39 is 20.2 Å². The molecule has 27 heavy (non-hydrogen) atoms. The summed E-state index contributed by atoms with van der Waals surface area (Å²) in [6.45, 7) is 5.73. The van der Waals surface area contributed by atoms with Crippen LogP contribution in [0.2, 0.25) is 0 Å². The Hall–Kier alpha value is -2.70. The van der Waals surface area contributed by atoms with Gasteiger partial charge in [0.15, 0.2) is 0 Å². The van der Waals surface area contributed by atoms with Gasteiger partial charge in [-0.05, 0) is 13.8 Å². The summed E-state index contributed by atoms with van der Waals surface area (Å²) in [7, 11) is 1.59. The summed E-state index contributed by atoms with van der Waals surface area (Å²) in [5, 5.41) is 35.5. The van der Waals surface area contributed by atoms with Crippen molar-refractivity contribution in [3.63, 3.8) is 0 Å². The van der Waals surface area contributed by atoms with Gasteiger partial charge in [0.1, 0.15) is 43.7 Å². The Morgan fingerprint density at radius 3 is 1.67 bits per heavy atom. The van der Waals surface area contributed by atoms with E-state index in [9.17, 15) is 10.0 Å². The van der Waals surface area contributed by atoms with Crippen molar-refractivity contribution in [3.05, 3.63) is 37.4 Å². The van der Waals surface area contributed by atoms with E-state index in [1.54, 1.807) is 0 Å².